The first-order valence-electron chi connectivity index (χ1n) is 11.8. The minimum atomic E-state index is -4.00. The van der Waals surface area contributed by atoms with Crippen molar-refractivity contribution in [1.82, 2.24) is 19.8 Å². The minimum absolute atomic E-state index is 0.0718. The van der Waals surface area contributed by atoms with Gasteiger partial charge in [-0.1, -0.05) is 35.9 Å². The third-order valence-corrected chi connectivity index (χ3v) is 8.19. The molecule has 9 heteroatoms. The molecule has 1 aliphatic heterocycles. The molecule has 0 fully saturated rings. The third-order valence-electron chi connectivity index (χ3n) is 6.39. The van der Waals surface area contributed by atoms with Gasteiger partial charge in [-0.15, -0.1) is 0 Å². The molecule has 2 N–H and O–H groups in total. The molecular formula is C26H32N4O4S. The number of fused-ring (bicyclic) bond motifs is 1. The molecule has 2 amide bonds. The lowest BCUT2D eigenvalue weighted by molar-refractivity contribution is -0.129. The Morgan fingerprint density at radius 3 is 2.63 bits per heavy atom. The number of hydrogen-bond donors (Lipinski definition) is 2. The van der Waals surface area contributed by atoms with E-state index in [1.807, 2.05) is 21.0 Å². The molecule has 2 aromatic carbocycles. The average molecular weight is 497 g/mol. The van der Waals surface area contributed by atoms with E-state index in [0.29, 0.717) is 0 Å². The number of hydrogen-bond acceptors (Lipinski definition) is 5. The Morgan fingerprint density at radius 1 is 1.17 bits per heavy atom. The highest BCUT2D eigenvalue weighted by Gasteiger charge is 2.37. The van der Waals surface area contributed by atoms with Crippen molar-refractivity contribution in [3.8, 4) is 0 Å². The summed E-state index contributed by atoms with van der Waals surface area (Å²) in [6.45, 7) is 2.71. The second-order valence-electron chi connectivity index (χ2n) is 9.48. The Bertz CT molecular complexity index is 1240. The Hall–Kier alpha value is -3.17. The van der Waals surface area contributed by atoms with Gasteiger partial charge in [-0.25, -0.2) is 8.42 Å². The van der Waals surface area contributed by atoms with Crippen molar-refractivity contribution in [1.29, 1.82) is 0 Å². The highest BCUT2D eigenvalue weighted by atomic mass is 32.2. The molecule has 0 unspecified atom stereocenters. The van der Waals surface area contributed by atoms with Gasteiger partial charge in [0.25, 0.3) is 10.0 Å². The predicted molar refractivity (Wildman–Crippen MR) is 134 cm³/mol. The van der Waals surface area contributed by atoms with Gasteiger partial charge in [0.05, 0.1) is 17.4 Å². The fourth-order valence-electron chi connectivity index (χ4n) is 4.68. The zero-order valence-corrected chi connectivity index (χ0v) is 21.1. The Kier molecular flexibility index (Phi) is 7.28. The third kappa shape index (κ3) is 5.57. The van der Waals surface area contributed by atoms with Gasteiger partial charge in [-0.05, 0) is 69.1 Å². The van der Waals surface area contributed by atoms with E-state index in [0.717, 1.165) is 41.2 Å². The zero-order chi connectivity index (χ0) is 25.2. The van der Waals surface area contributed by atoms with Crippen molar-refractivity contribution in [2.24, 2.45) is 0 Å². The van der Waals surface area contributed by atoms with Crippen LogP contribution < -0.4 is 10.6 Å². The molecule has 2 aromatic rings. The molecule has 186 valence electrons. The number of carbonyl (C=O) groups is 2. The van der Waals surface area contributed by atoms with Crippen LogP contribution in [0.25, 0.3) is 0 Å². The molecule has 0 bridgehead atoms. The maximum atomic E-state index is 13.3. The number of amides is 2. The van der Waals surface area contributed by atoms with E-state index in [-0.39, 0.29) is 23.3 Å². The number of carbonyl (C=O) groups excluding carboxylic acids is 2. The van der Waals surface area contributed by atoms with Crippen molar-refractivity contribution >= 4 is 21.8 Å². The largest absolute Gasteiger partial charge is 0.349 e. The highest BCUT2D eigenvalue weighted by molar-refractivity contribution is 7.89. The van der Waals surface area contributed by atoms with Gasteiger partial charge in [0, 0.05) is 18.9 Å². The molecule has 2 atom stereocenters. The fourth-order valence-corrected chi connectivity index (χ4v) is 6.13. The standard InChI is InChI=1S/C26H32N4O4S/c1-18-7-10-21(11-8-18)35(33,34)30-14-13-27-26(32)24(30)16-25(31)28-23-6-4-5-20-15-19(17-29(2)3)9-12-22(20)23/h7-15,23-24H,4-6,16-17H2,1-3H3,(H,27,32)(H,28,31)/t23-,24-/m1/s1. The first-order chi connectivity index (χ1) is 16.6. The Balaban J connectivity index is 1.50. The van der Waals surface area contributed by atoms with Crippen LogP contribution in [0.2, 0.25) is 0 Å². The summed E-state index contributed by atoms with van der Waals surface area (Å²) in [6.07, 6.45) is 5.02. The maximum absolute atomic E-state index is 13.3. The number of aryl methyl sites for hydroxylation is 2. The van der Waals surface area contributed by atoms with E-state index in [1.54, 1.807) is 12.1 Å². The van der Waals surface area contributed by atoms with Crippen molar-refractivity contribution in [2.45, 2.75) is 56.1 Å². The van der Waals surface area contributed by atoms with Crippen LogP contribution >= 0.6 is 0 Å². The Morgan fingerprint density at radius 2 is 1.91 bits per heavy atom. The van der Waals surface area contributed by atoms with E-state index >= 15 is 0 Å². The summed E-state index contributed by atoms with van der Waals surface area (Å²) in [5.41, 5.74) is 4.46. The van der Waals surface area contributed by atoms with Gasteiger partial charge in [0.1, 0.15) is 6.04 Å². The second kappa shape index (κ2) is 10.2. The molecule has 1 heterocycles. The van der Waals surface area contributed by atoms with E-state index in [4.69, 9.17) is 0 Å². The lowest BCUT2D eigenvalue weighted by atomic mass is 9.86. The molecule has 4 rings (SSSR count). The molecule has 8 nitrogen and oxygen atoms in total. The van der Waals surface area contributed by atoms with Crippen LogP contribution in [0.15, 0.2) is 59.8 Å². The van der Waals surface area contributed by atoms with Crippen LogP contribution in [0.3, 0.4) is 0 Å². The summed E-state index contributed by atoms with van der Waals surface area (Å²) in [6, 6.07) is 11.4. The molecular weight excluding hydrogens is 464 g/mol. The van der Waals surface area contributed by atoms with Gasteiger partial charge in [0.2, 0.25) is 11.8 Å². The smallest absolute Gasteiger partial charge is 0.264 e. The van der Waals surface area contributed by atoms with E-state index in [1.165, 1.54) is 35.7 Å². The van der Waals surface area contributed by atoms with Crippen LogP contribution in [-0.4, -0.2) is 49.6 Å². The van der Waals surface area contributed by atoms with Gasteiger partial charge in [0.15, 0.2) is 0 Å². The number of nitrogens with zero attached hydrogens (tertiary/aromatic N) is 2. The molecule has 0 spiro atoms. The van der Waals surface area contributed by atoms with Crippen LogP contribution in [0, 0.1) is 6.92 Å². The van der Waals surface area contributed by atoms with Crippen molar-refractivity contribution in [3.05, 3.63) is 77.1 Å². The van der Waals surface area contributed by atoms with Gasteiger partial charge >= 0.3 is 0 Å². The number of nitrogens with one attached hydrogen (secondary N) is 2. The summed E-state index contributed by atoms with van der Waals surface area (Å²) >= 11 is 0. The lowest BCUT2D eigenvalue weighted by Crippen LogP contribution is -2.51. The summed E-state index contributed by atoms with van der Waals surface area (Å²) in [5.74, 6) is -0.893. The van der Waals surface area contributed by atoms with Crippen LogP contribution in [-0.2, 0) is 32.6 Å². The SMILES string of the molecule is Cc1ccc(S(=O)(=O)N2C=CNC(=O)[C@H]2CC(=O)N[C@@H]2CCCc3cc(CN(C)C)ccc32)cc1. The number of rotatable bonds is 7. The van der Waals surface area contributed by atoms with Crippen molar-refractivity contribution < 1.29 is 18.0 Å². The quantitative estimate of drug-likeness (QED) is 0.614. The maximum Gasteiger partial charge on any atom is 0.264 e. The normalized spacial score (nSPS) is 19.9. The van der Waals surface area contributed by atoms with Crippen molar-refractivity contribution in [3.63, 3.8) is 0 Å². The summed E-state index contributed by atoms with van der Waals surface area (Å²) in [7, 11) is 0.0570. The first-order valence-corrected chi connectivity index (χ1v) is 13.2. The van der Waals surface area contributed by atoms with Gasteiger partial charge < -0.3 is 15.5 Å². The Labute approximate surface area is 207 Å². The van der Waals surface area contributed by atoms with Crippen LogP contribution in [0.4, 0.5) is 0 Å². The highest BCUT2D eigenvalue weighted by Crippen LogP contribution is 2.31. The molecule has 0 radical (unpaired) electrons. The molecule has 0 saturated carbocycles. The minimum Gasteiger partial charge on any atom is -0.349 e. The predicted octanol–water partition coefficient (Wildman–Crippen LogP) is 2.60. The summed E-state index contributed by atoms with van der Waals surface area (Å²) in [5, 5.41) is 5.58. The monoisotopic (exact) mass is 496 g/mol. The zero-order valence-electron chi connectivity index (χ0n) is 20.3. The molecule has 0 aromatic heterocycles. The molecule has 1 aliphatic carbocycles. The second-order valence-corrected chi connectivity index (χ2v) is 11.3. The summed E-state index contributed by atoms with van der Waals surface area (Å²) in [4.78, 5) is 27.9. The summed E-state index contributed by atoms with van der Waals surface area (Å²) < 4.78 is 27.5. The number of sulfonamides is 1. The van der Waals surface area contributed by atoms with Crippen LogP contribution in [0.5, 0.6) is 0 Å². The first kappa shape index (κ1) is 24.9. The van der Waals surface area contributed by atoms with E-state index in [2.05, 4.69) is 33.7 Å². The van der Waals surface area contributed by atoms with Gasteiger partial charge in [-0.2, -0.15) is 0 Å². The van der Waals surface area contributed by atoms with Crippen molar-refractivity contribution in [2.75, 3.05) is 14.1 Å². The fraction of sp³-hybridized carbons (Fsp3) is 0.385. The van der Waals surface area contributed by atoms with E-state index < -0.39 is 22.0 Å². The topological polar surface area (TPSA) is 98.8 Å². The van der Waals surface area contributed by atoms with Crippen LogP contribution in [0.1, 0.15) is 47.6 Å². The molecule has 0 saturated heterocycles. The molecule has 2 aliphatic rings. The number of benzene rings is 2. The average Bonchev–Trinajstić information content (AvgIpc) is 2.80. The van der Waals surface area contributed by atoms with E-state index in [9.17, 15) is 18.0 Å². The molecule has 35 heavy (non-hydrogen) atoms. The van der Waals surface area contributed by atoms with Gasteiger partial charge in [-0.3, -0.25) is 13.9 Å². The lowest BCUT2D eigenvalue weighted by Gasteiger charge is -2.32.